The average molecular weight is 323 g/mol. The van der Waals surface area contributed by atoms with E-state index < -0.39 is 0 Å². The zero-order chi connectivity index (χ0) is 13.8. The number of rotatable bonds is 4. The van der Waals surface area contributed by atoms with Crippen LogP contribution in [-0.4, -0.2) is 14.1 Å². The van der Waals surface area contributed by atoms with Crippen molar-refractivity contribution in [1.29, 1.82) is 0 Å². The van der Waals surface area contributed by atoms with Gasteiger partial charge in [-0.1, -0.05) is 15.9 Å². The van der Waals surface area contributed by atoms with Crippen LogP contribution in [-0.2, 0) is 6.54 Å². The maximum Gasteiger partial charge on any atom is 0.124 e. The Morgan fingerprint density at radius 3 is 2.37 bits per heavy atom. The van der Waals surface area contributed by atoms with Crippen LogP contribution in [0.4, 0.5) is 15.8 Å². The molecule has 0 amide bonds. The molecule has 0 atom stereocenters. The van der Waals surface area contributed by atoms with Crippen molar-refractivity contribution < 1.29 is 4.39 Å². The van der Waals surface area contributed by atoms with Gasteiger partial charge in [0.05, 0.1) is 0 Å². The summed E-state index contributed by atoms with van der Waals surface area (Å²) in [6.07, 6.45) is 0. The second-order valence-corrected chi connectivity index (χ2v) is 5.49. The molecule has 2 nitrogen and oxygen atoms in total. The molecule has 2 aromatic carbocycles. The predicted octanol–water partition coefficient (Wildman–Crippen LogP) is 4.27. The van der Waals surface area contributed by atoms with Gasteiger partial charge in [-0.15, -0.1) is 0 Å². The van der Waals surface area contributed by atoms with Gasteiger partial charge in [0.25, 0.3) is 0 Å². The van der Waals surface area contributed by atoms with Crippen LogP contribution in [0, 0.1) is 5.82 Å². The molecule has 0 radical (unpaired) electrons. The first-order valence-corrected chi connectivity index (χ1v) is 6.80. The Bertz CT molecular complexity index is 532. The molecule has 19 heavy (non-hydrogen) atoms. The average Bonchev–Trinajstić information content (AvgIpc) is 2.36. The zero-order valence-electron chi connectivity index (χ0n) is 11.0. The number of hydrogen-bond donors (Lipinski definition) is 1. The molecule has 0 fully saturated rings. The fourth-order valence-corrected chi connectivity index (χ4v) is 2.31. The largest absolute Gasteiger partial charge is 0.381 e. The highest BCUT2D eigenvalue weighted by Gasteiger charge is 2.00. The molecule has 0 bridgehead atoms. The maximum atomic E-state index is 13.2. The van der Waals surface area contributed by atoms with Gasteiger partial charge < -0.3 is 10.2 Å². The van der Waals surface area contributed by atoms with Crippen molar-refractivity contribution in [2.75, 3.05) is 24.3 Å². The quantitative estimate of drug-likeness (QED) is 0.904. The first kappa shape index (κ1) is 13.9. The van der Waals surface area contributed by atoms with E-state index in [-0.39, 0.29) is 5.82 Å². The van der Waals surface area contributed by atoms with E-state index in [1.54, 1.807) is 0 Å². The van der Waals surface area contributed by atoms with Gasteiger partial charge in [-0.05, 0) is 48.0 Å². The fourth-order valence-electron chi connectivity index (χ4n) is 1.79. The molecular formula is C15H16BrFN2. The van der Waals surface area contributed by atoms with Crippen molar-refractivity contribution >= 4 is 27.3 Å². The standard InChI is InChI=1S/C15H16BrFN2/c1-19(2)15-5-3-14(4-6-15)18-10-11-7-12(16)9-13(17)8-11/h3-9,18H,10H2,1-2H3. The van der Waals surface area contributed by atoms with Crippen molar-refractivity contribution in [3.8, 4) is 0 Å². The molecule has 0 saturated carbocycles. The Hall–Kier alpha value is -1.55. The molecule has 0 unspecified atom stereocenters. The SMILES string of the molecule is CN(C)c1ccc(NCc2cc(F)cc(Br)c2)cc1. The number of nitrogens with zero attached hydrogens (tertiary/aromatic N) is 1. The van der Waals surface area contributed by atoms with E-state index >= 15 is 0 Å². The number of anilines is 2. The minimum absolute atomic E-state index is 0.228. The first-order chi connectivity index (χ1) is 9.04. The number of halogens is 2. The van der Waals surface area contributed by atoms with Crippen LogP contribution in [0.2, 0.25) is 0 Å². The topological polar surface area (TPSA) is 15.3 Å². The Kier molecular flexibility index (Phi) is 4.43. The van der Waals surface area contributed by atoms with Gasteiger partial charge >= 0.3 is 0 Å². The van der Waals surface area contributed by atoms with Gasteiger partial charge in [0.15, 0.2) is 0 Å². The van der Waals surface area contributed by atoms with Crippen LogP contribution >= 0.6 is 15.9 Å². The second-order valence-electron chi connectivity index (χ2n) is 4.57. The molecule has 0 heterocycles. The maximum absolute atomic E-state index is 13.2. The molecule has 100 valence electrons. The molecule has 2 rings (SSSR count). The van der Waals surface area contributed by atoms with Crippen LogP contribution in [0.1, 0.15) is 5.56 Å². The Labute approximate surface area is 121 Å². The van der Waals surface area contributed by atoms with Crippen molar-refractivity contribution in [3.63, 3.8) is 0 Å². The van der Waals surface area contributed by atoms with Crippen LogP contribution in [0.15, 0.2) is 46.9 Å². The van der Waals surface area contributed by atoms with E-state index in [1.165, 1.54) is 12.1 Å². The summed E-state index contributed by atoms with van der Waals surface area (Å²) >= 11 is 3.29. The summed E-state index contributed by atoms with van der Waals surface area (Å²) in [5.74, 6) is -0.228. The third-order valence-electron chi connectivity index (χ3n) is 2.80. The summed E-state index contributed by atoms with van der Waals surface area (Å²) in [6.45, 7) is 0.595. The van der Waals surface area contributed by atoms with E-state index in [0.717, 1.165) is 21.4 Å². The van der Waals surface area contributed by atoms with E-state index in [2.05, 4.69) is 21.2 Å². The minimum atomic E-state index is -0.228. The lowest BCUT2D eigenvalue weighted by atomic mass is 10.2. The van der Waals surface area contributed by atoms with Crippen molar-refractivity contribution in [2.45, 2.75) is 6.54 Å². The monoisotopic (exact) mass is 322 g/mol. The molecule has 4 heteroatoms. The van der Waals surface area contributed by atoms with Gasteiger partial charge in [-0.2, -0.15) is 0 Å². The molecule has 0 saturated heterocycles. The Morgan fingerprint density at radius 1 is 1.11 bits per heavy atom. The second kappa shape index (κ2) is 6.06. The molecule has 0 aliphatic carbocycles. The molecule has 1 N–H and O–H groups in total. The van der Waals surface area contributed by atoms with Gasteiger partial charge in [-0.3, -0.25) is 0 Å². The Morgan fingerprint density at radius 2 is 1.79 bits per heavy atom. The summed E-state index contributed by atoms with van der Waals surface area (Å²) < 4.78 is 14.0. The summed E-state index contributed by atoms with van der Waals surface area (Å²) in [4.78, 5) is 2.05. The number of benzene rings is 2. The highest BCUT2D eigenvalue weighted by atomic mass is 79.9. The molecular weight excluding hydrogens is 307 g/mol. The van der Waals surface area contributed by atoms with Gasteiger partial charge in [0.2, 0.25) is 0 Å². The molecule has 0 aliphatic rings. The summed E-state index contributed by atoms with van der Waals surface area (Å²) in [7, 11) is 4.01. The smallest absolute Gasteiger partial charge is 0.124 e. The predicted molar refractivity (Wildman–Crippen MR) is 82.2 cm³/mol. The minimum Gasteiger partial charge on any atom is -0.381 e. The van der Waals surface area contributed by atoms with Crippen molar-refractivity contribution in [2.24, 2.45) is 0 Å². The van der Waals surface area contributed by atoms with Crippen molar-refractivity contribution in [1.82, 2.24) is 0 Å². The van der Waals surface area contributed by atoms with E-state index in [9.17, 15) is 4.39 Å². The highest BCUT2D eigenvalue weighted by molar-refractivity contribution is 9.10. The van der Waals surface area contributed by atoms with Gasteiger partial charge in [0, 0.05) is 36.5 Å². The summed E-state index contributed by atoms with van der Waals surface area (Å²) in [5.41, 5.74) is 3.08. The van der Waals surface area contributed by atoms with Crippen LogP contribution in [0.3, 0.4) is 0 Å². The van der Waals surface area contributed by atoms with E-state index in [1.807, 2.05) is 49.3 Å². The van der Waals surface area contributed by atoms with E-state index in [4.69, 9.17) is 0 Å². The van der Waals surface area contributed by atoms with Crippen LogP contribution in [0.5, 0.6) is 0 Å². The Balaban J connectivity index is 2.02. The molecule has 0 aromatic heterocycles. The molecule has 0 aliphatic heterocycles. The zero-order valence-corrected chi connectivity index (χ0v) is 12.5. The fraction of sp³-hybridized carbons (Fsp3) is 0.200. The van der Waals surface area contributed by atoms with E-state index in [0.29, 0.717) is 6.54 Å². The lowest BCUT2D eigenvalue weighted by Gasteiger charge is -2.13. The third kappa shape index (κ3) is 3.96. The van der Waals surface area contributed by atoms with Crippen LogP contribution in [0.25, 0.3) is 0 Å². The lowest BCUT2D eigenvalue weighted by Crippen LogP contribution is -2.08. The lowest BCUT2D eigenvalue weighted by molar-refractivity contribution is 0.625. The van der Waals surface area contributed by atoms with Crippen molar-refractivity contribution in [3.05, 3.63) is 58.3 Å². The third-order valence-corrected chi connectivity index (χ3v) is 3.26. The summed E-state index contributed by atoms with van der Waals surface area (Å²) in [5, 5.41) is 3.28. The first-order valence-electron chi connectivity index (χ1n) is 6.01. The number of nitrogens with one attached hydrogen (secondary N) is 1. The number of hydrogen-bond acceptors (Lipinski definition) is 2. The molecule has 2 aromatic rings. The van der Waals surface area contributed by atoms with Gasteiger partial charge in [0.1, 0.15) is 5.82 Å². The summed E-state index contributed by atoms with van der Waals surface area (Å²) in [6, 6.07) is 13.0. The molecule has 0 spiro atoms. The normalized spacial score (nSPS) is 10.3. The van der Waals surface area contributed by atoms with Crippen LogP contribution < -0.4 is 10.2 Å². The van der Waals surface area contributed by atoms with Gasteiger partial charge in [-0.25, -0.2) is 4.39 Å². The highest BCUT2D eigenvalue weighted by Crippen LogP contribution is 2.18.